The first-order valence-electron chi connectivity index (χ1n) is 8.75. The first kappa shape index (κ1) is 18.9. The molecule has 1 atom stereocenters. The monoisotopic (exact) mass is 377 g/mol. The summed E-state index contributed by atoms with van der Waals surface area (Å²) in [6.07, 6.45) is 2.12. The SMILES string of the molecule is CN(C)S(=O)(=O)N1CCC[C@@H](c2cccc(Cc3ccccc3F)n2)C1. The largest absolute Gasteiger partial charge is 0.281 e. The molecule has 0 spiro atoms. The Morgan fingerprint density at radius 1 is 1.19 bits per heavy atom. The second-order valence-electron chi connectivity index (χ2n) is 6.81. The minimum Gasteiger partial charge on any atom is -0.257 e. The Morgan fingerprint density at radius 2 is 1.96 bits per heavy atom. The highest BCUT2D eigenvalue weighted by Crippen LogP contribution is 2.28. The van der Waals surface area contributed by atoms with Gasteiger partial charge in [0.2, 0.25) is 0 Å². The number of nitrogens with zero attached hydrogens (tertiary/aromatic N) is 3. The van der Waals surface area contributed by atoms with E-state index in [4.69, 9.17) is 4.98 Å². The van der Waals surface area contributed by atoms with Gasteiger partial charge >= 0.3 is 0 Å². The van der Waals surface area contributed by atoms with E-state index in [1.54, 1.807) is 26.2 Å². The highest BCUT2D eigenvalue weighted by atomic mass is 32.2. The van der Waals surface area contributed by atoms with E-state index in [0.717, 1.165) is 24.2 Å². The van der Waals surface area contributed by atoms with Crippen molar-refractivity contribution in [3.63, 3.8) is 0 Å². The van der Waals surface area contributed by atoms with E-state index in [1.807, 2.05) is 24.3 Å². The quantitative estimate of drug-likeness (QED) is 0.805. The summed E-state index contributed by atoms with van der Waals surface area (Å²) < 4.78 is 41.4. The van der Waals surface area contributed by atoms with Crippen molar-refractivity contribution in [1.29, 1.82) is 0 Å². The van der Waals surface area contributed by atoms with Crippen LogP contribution in [0.25, 0.3) is 0 Å². The van der Waals surface area contributed by atoms with Crippen LogP contribution in [-0.4, -0.2) is 49.2 Å². The molecule has 1 aromatic heterocycles. The Bertz CT molecular complexity index is 871. The van der Waals surface area contributed by atoms with E-state index in [1.165, 1.54) is 14.7 Å². The molecule has 3 rings (SSSR count). The topological polar surface area (TPSA) is 53.5 Å². The molecule has 0 radical (unpaired) electrons. The predicted molar refractivity (Wildman–Crippen MR) is 99.6 cm³/mol. The van der Waals surface area contributed by atoms with Gasteiger partial charge in [-0.3, -0.25) is 4.98 Å². The lowest BCUT2D eigenvalue weighted by molar-refractivity contribution is 0.296. The second kappa shape index (κ2) is 7.82. The highest BCUT2D eigenvalue weighted by molar-refractivity contribution is 7.86. The fourth-order valence-corrected chi connectivity index (χ4v) is 4.48. The van der Waals surface area contributed by atoms with Crippen molar-refractivity contribution in [2.75, 3.05) is 27.2 Å². The van der Waals surface area contributed by atoms with Gasteiger partial charge < -0.3 is 0 Å². The molecule has 1 aliphatic rings. The number of pyridine rings is 1. The van der Waals surface area contributed by atoms with Crippen LogP contribution in [0.15, 0.2) is 42.5 Å². The summed E-state index contributed by atoms with van der Waals surface area (Å²) in [5, 5.41) is 0. The molecule has 26 heavy (non-hydrogen) atoms. The summed E-state index contributed by atoms with van der Waals surface area (Å²) in [7, 11) is -0.320. The minimum absolute atomic E-state index is 0.0547. The molecule has 0 saturated carbocycles. The van der Waals surface area contributed by atoms with Gasteiger partial charge in [-0.15, -0.1) is 0 Å². The average molecular weight is 377 g/mol. The standard InChI is InChI=1S/C19H24FN3O2S/c1-22(2)26(24,25)23-12-6-8-16(14-23)19-11-5-9-17(21-19)13-15-7-3-4-10-18(15)20/h3-5,7,9-11,16H,6,8,12-14H2,1-2H3/t16-/m1/s1. The van der Waals surface area contributed by atoms with Gasteiger partial charge in [0.15, 0.2) is 0 Å². The lowest BCUT2D eigenvalue weighted by Gasteiger charge is -2.33. The van der Waals surface area contributed by atoms with Crippen LogP contribution in [-0.2, 0) is 16.6 Å². The van der Waals surface area contributed by atoms with Gasteiger partial charge in [0.25, 0.3) is 10.2 Å². The maximum absolute atomic E-state index is 13.9. The molecule has 0 aliphatic carbocycles. The summed E-state index contributed by atoms with van der Waals surface area (Å²) in [5.41, 5.74) is 2.27. The summed E-state index contributed by atoms with van der Waals surface area (Å²) in [6.45, 7) is 0.961. The van der Waals surface area contributed by atoms with Crippen molar-refractivity contribution in [3.05, 3.63) is 65.2 Å². The van der Waals surface area contributed by atoms with Crippen LogP contribution < -0.4 is 0 Å². The maximum Gasteiger partial charge on any atom is 0.281 e. The molecule has 2 aromatic rings. The molecule has 0 unspecified atom stereocenters. The molecule has 2 heterocycles. The van der Waals surface area contributed by atoms with Crippen LogP contribution in [0, 0.1) is 5.82 Å². The Kier molecular flexibility index (Phi) is 5.70. The van der Waals surface area contributed by atoms with Crippen molar-refractivity contribution in [2.45, 2.75) is 25.2 Å². The van der Waals surface area contributed by atoms with Crippen LogP contribution in [0.5, 0.6) is 0 Å². The molecule has 140 valence electrons. The van der Waals surface area contributed by atoms with Crippen LogP contribution >= 0.6 is 0 Å². The Labute approximate surface area is 154 Å². The van der Waals surface area contributed by atoms with Crippen molar-refractivity contribution in [2.24, 2.45) is 0 Å². The fraction of sp³-hybridized carbons (Fsp3) is 0.421. The maximum atomic E-state index is 13.9. The van der Waals surface area contributed by atoms with Gasteiger partial charge in [-0.1, -0.05) is 24.3 Å². The molecule has 1 aliphatic heterocycles. The van der Waals surface area contributed by atoms with E-state index in [0.29, 0.717) is 25.1 Å². The third kappa shape index (κ3) is 4.11. The zero-order valence-electron chi connectivity index (χ0n) is 15.1. The summed E-state index contributed by atoms with van der Waals surface area (Å²) >= 11 is 0. The molecule has 1 saturated heterocycles. The average Bonchev–Trinajstić information content (AvgIpc) is 2.64. The smallest absolute Gasteiger partial charge is 0.257 e. The van der Waals surface area contributed by atoms with Crippen molar-refractivity contribution in [1.82, 2.24) is 13.6 Å². The first-order chi connectivity index (χ1) is 12.4. The van der Waals surface area contributed by atoms with Gasteiger partial charge in [-0.25, -0.2) is 4.39 Å². The van der Waals surface area contributed by atoms with Crippen LogP contribution in [0.4, 0.5) is 4.39 Å². The van der Waals surface area contributed by atoms with E-state index in [2.05, 4.69) is 0 Å². The Morgan fingerprint density at radius 3 is 2.69 bits per heavy atom. The molecule has 0 amide bonds. The molecule has 5 nitrogen and oxygen atoms in total. The molecule has 7 heteroatoms. The van der Waals surface area contributed by atoms with Gasteiger partial charge in [0.1, 0.15) is 5.82 Å². The number of benzene rings is 1. The molecule has 0 N–H and O–H groups in total. The van der Waals surface area contributed by atoms with Crippen LogP contribution in [0.1, 0.15) is 35.7 Å². The van der Waals surface area contributed by atoms with Crippen LogP contribution in [0.2, 0.25) is 0 Å². The number of aromatic nitrogens is 1. The fourth-order valence-electron chi connectivity index (χ4n) is 3.29. The van der Waals surface area contributed by atoms with Gasteiger partial charge in [0.05, 0.1) is 0 Å². The Hall–Kier alpha value is -1.83. The summed E-state index contributed by atoms with van der Waals surface area (Å²) in [4.78, 5) is 4.69. The number of rotatable bonds is 5. The number of hydrogen-bond acceptors (Lipinski definition) is 3. The first-order valence-corrected chi connectivity index (χ1v) is 10.1. The van der Waals surface area contributed by atoms with Gasteiger partial charge in [-0.2, -0.15) is 17.0 Å². The summed E-state index contributed by atoms with van der Waals surface area (Å²) in [5.74, 6) is -0.181. The highest BCUT2D eigenvalue weighted by Gasteiger charge is 2.31. The molecule has 1 fully saturated rings. The van der Waals surface area contributed by atoms with E-state index in [9.17, 15) is 12.8 Å². The number of piperidine rings is 1. The van der Waals surface area contributed by atoms with Crippen molar-refractivity contribution < 1.29 is 12.8 Å². The summed E-state index contributed by atoms with van der Waals surface area (Å²) in [6, 6.07) is 12.4. The zero-order valence-corrected chi connectivity index (χ0v) is 15.9. The zero-order chi connectivity index (χ0) is 18.7. The lowest BCUT2D eigenvalue weighted by Crippen LogP contribution is -2.45. The third-order valence-electron chi connectivity index (χ3n) is 4.75. The van der Waals surface area contributed by atoms with Crippen LogP contribution in [0.3, 0.4) is 0 Å². The van der Waals surface area contributed by atoms with E-state index in [-0.39, 0.29) is 11.7 Å². The van der Waals surface area contributed by atoms with Crippen molar-refractivity contribution >= 4 is 10.2 Å². The molecular weight excluding hydrogens is 353 g/mol. The minimum atomic E-state index is -3.42. The second-order valence-corrected chi connectivity index (χ2v) is 8.95. The number of halogens is 1. The van der Waals surface area contributed by atoms with Crippen molar-refractivity contribution in [3.8, 4) is 0 Å². The lowest BCUT2D eigenvalue weighted by atomic mass is 9.95. The third-order valence-corrected chi connectivity index (χ3v) is 6.65. The molecular formula is C19H24FN3O2S. The van der Waals surface area contributed by atoms with Gasteiger partial charge in [0, 0.05) is 50.9 Å². The van der Waals surface area contributed by atoms with E-state index < -0.39 is 10.2 Å². The van der Waals surface area contributed by atoms with E-state index >= 15 is 0 Å². The predicted octanol–water partition coefficient (Wildman–Crippen LogP) is 2.80. The Balaban J connectivity index is 1.78. The number of hydrogen-bond donors (Lipinski definition) is 0. The normalized spacial score (nSPS) is 19.0. The molecule has 1 aromatic carbocycles. The van der Waals surface area contributed by atoms with Gasteiger partial charge in [-0.05, 0) is 36.6 Å². The molecule has 0 bridgehead atoms.